The Kier molecular flexibility index (Phi) is 7.01. The maximum atomic E-state index is 4.68. The van der Waals surface area contributed by atoms with Gasteiger partial charge in [0, 0.05) is 18.4 Å². The zero-order valence-electron chi connectivity index (χ0n) is 19.5. The number of nitrogens with zero attached hydrogens (tertiary/aromatic N) is 2. The monoisotopic (exact) mass is 446 g/mol. The molecular weight excluding hydrogens is 416 g/mol. The van der Waals surface area contributed by atoms with Crippen LogP contribution in [0.15, 0.2) is 132 Å². The number of benzene rings is 4. The Balaban J connectivity index is 1.97. The minimum atomic E-state index is -2.17. The van der Waals surface area contributed by atoms with E-state index in [1.807, 2.05) is 13.1 Å². The van der Waals surface area contributed by atoms with E-state index in [1.54, 1.807) is 0 Å². The Morgan fingerprint density at radius 1 is 0.636 bits per heavy atom. The lowest BCUT2D eigenvalue weighted by Crippen LogP contribution is -2.57. The third-order valence-electron chi connectivity index (χ3n) is 5.95. The van der Waals surface area contributed by atoms with Crippen LogP contribution in [0.2, 0.25) is 13.1 Å². The number of aliphatic imine (C=N–C) groups is 1. The first-order valence-corrected chi connectivity index (χ1v) is 14.3. The van der Waals surface area contributed by atoms with Crippen molar-refractivity contribution in [3.8, 4) is 0 Å². The molecule has 0 saturated heterocycles. The normalized spacial score (nSPS) is 12.5. The SMILES string of the molecule is CN=C(/C=C(\c1ccccc1)N(c1ccccc1)[Si](C)(C)c1ccccc1)c1ccccc1. The Hall–Kier alpha value is -3.69. The van der Waals surface area contributed by atoms with Crippen molar-refractivity contribution in [3.05, 3.63) is 139 Å². The van der Waals surface area contributed by atoms with Gasteiger partial charge in [0.05, 0.1) is 5.71 Å². The minimum absolute atomic E-state index is 0.966. The van der Waals surface area contributed by atoms with Crippen LogP contribution in [0.4, 0.5) is 5.69 Å². The van der Waals surface area contributed by atoms with Gasteiger partial charge in [-0.2, -0.15) is 0 Å². The van der Waals surface area contributed by atoms with Gasteiger partial charge in [0.25, 0.3) is 0 Å². The van der Waals surface area contributed by atoms with Crippen LogP contribution < -0.4 is 9.75 Å². The van der Waals surface area contributed by atoms with E-state index >= 15 is 0 Å². The lowest BCUT2D eigenvalue weighted by Gasteiger charge is -2.41. The second-order valence-corrected chi connectivity index (χ2v) is 12.6. The van der Waals surface area contributed by atoms with Gasteiger partial charge in [0.1, 0.15) is 0 Å². The van der Waals surface area contributed by atoms with Gasteiger partial charge in [-0.3, -0.25) is 4.99 Å². The van der Waals surface area contributed by atoms with Crippen molar-refractivity contribution in [2.75, 3.05) is 11.6 Å². The van der Waals surface area contributed by atoms with E-state index < -0.39 is 8.24 Å². The molecule has 0 aliphatic rings. The molecule has 0 spiro atoms. The molecule has 0 heterocycles. The predicted molar refractivity (Wildman–Crippen MR) is 146 cm³/mol. The van der Waals surface area contributed by atoms with Crippen molar-refractivity contribution in [1.82, 2.24) is 0 Å². The number of rotatable bonds is 7. The molecular formula is C30H30N2Si. The van der Waals surface area contributed by atoms with Crippen LogP contribution in [-0.4, -0.2) is 21.0 Å². The Labute approximate surface area is 198 Å². The molecule has 0 saturated carbocycles. The Morgan fingerprint density at radius 3 is 1.61 bits per heavy atom. The molecule has 0 atom stereocenters. The molecule has 0 N–H and O–H groups in total. The molecule has 0 bridgehead atoms. The summed E-state index contributed by atoms with van der Waals surface area (Å²) in [6.07, 6.45) is 2.25. The largest absolute Gasteiger partial charge is 0.364 e. The highest BCUT2D eigenvalue weighted by atomic mass is 28.3. The fraction of sp³-hybridized carbons (Fsp3) is 0.100. The molecule has 0 unspecified atom stereocenters. The highest BCUT2D eigenvalue weighted by Gasteiger charge is 2.35. The summed E-state index contributed by atoms with van der Waals surface area (Å²) in [5.74, 6) is 0. The molecule has 164 valence electrons. The van der Waals surface area contributed by atoms with Gasteiger partial charge in [-0.15, -0.1) is 0 Å². The molecule has 0 aliphatic heterocycles. The van der Waals surface area contributed by atoms with Gasteiger partial charge in [-0.05, 0) is 47.6 Å². The number of para-hydroxylation sites is 1. The lowest BCUT2D eigenvalue weighted by molar-refractivity contribution is 1.34. The summed E-state index contributed by atoms with van der Waals surface area (Å²) in [5, 5.41) is 1.38. The number of hydrogen-bond acceptors (Lipinski definition) is 2. The van der Waals surface area contributed by atoms with Crippen LogP contribution in [0.1, 0.15) is 11.1 Å². The third-order valence-corrected chi connectivity index (χ3v) is 9.31. The molecule has 0 amide bonds. The molecule has 0 radical (unpaired) electrons. The highest BCUT2D eigenvalue weighted by molar-refractivity contribution is 6.94. The van der Waals surface area contributed by atoms with Crippen molar-refractivity contribution in [2.24, 2.45) is 4.99 Å². The smallest absolute Gasteiger partial charge is 0.187 e. The number of hydrogen-bond donors (Lipinski definition) is 0. The number of anilines is 1. The fourth-order valence-electron chi connectivity index (χ4n) is 4.22. The van der Waals surface area contributed by atoms with Gasteiger partial charge in [0.2, 0.25) is 0 Å². The predicted octanol–water partition coefficient (Wildman–Crippen LogP) is 6.77. The summed E-state index contributed by atoms with van der Waals surface area (Å²) >= 11 is 0. The van der Waals surface area contributed by atoms with Crippen molar-refractivity contribution in [2.45, 2.75) is 13.1 Å². The second kappa shape index (κ2) is 10.3. The minimum Gasteiger partial charge on any atom is -0.364 e. The maximum absolute atomic E-state index is 4.68. The van der Waals surface area contributed by atoms with E-state index in [0.29, 0.717) is 0 Å². The topological polar surface area (TPSA) is 15.6 Å². The average Bonchev–Trinajstić information content (AvgIpc) is 2.88. The molecule has 0 aliphatic carbocycles. The first-order valence-electron chi connectivity index (χ1n) is 11.3. The lowest BCUT2D eigenvalue weighted by atomic mass is 10.1. The van der Waals surface area contributed by atoms with E-state index in [-0.39, 0.29) is 0 Å². The van der Waals surface area contributed by atoms with Crippen molar-refractivity contribution < 1.29 is 0 Å². The summed E-state index contributed by atoms with van der Waals surface area (Å²) in [6.45, 7) is 4.83. The van der Waals surface area contributed by atoms with Crippen molar-refractivity contribution in [1.29, 1.82) is 0 Å². The van der Waals surface area contributed by atoms with Gasteiger partial charge in [-0.1, -0.05) is 109 Å². The summed E-state index contributed by atoms with van der Waals surface area (Å²) < 4.78 is 2.56. The van der Waals surface area contributed by atoms with E-state index in [1.165, 1.54) is 16.4 Å². The Bertz CT molecular complexity index is 1220. The Morgan fingerprint density at radius 2 is 1.09 bits per heavy atom. The molecule has 2 nitrogen and oxygen atoms in total. The summed E-state index contributed by atoms with van der Waals surface area (Å²) in [6, 6.07) is 42.7. The van der Waals surface area contributed by atoms with Crippen LogP contribution >= 0.6 is 0 Å². The van der Waals surface area contributed by atoms with E-state index in [2.05, 4.69) is 144 Å². The van der Waals surface area contributed by atoms with Gasteiger partial charge in [-0.25, -0.2) is 0 Å². The van der Waals surface area contributed by atoms with Crippen LogP contribution in [0.3, 0.4) is 0 Å². The third kappa shape index (κ3) is 5.05. The summed E-state index contributed by atoms with van der Waals surface area (Å²) in [7, 11) is -0.297. The maximum Gasteiger partial charge on any atom is 0.187 e. The second-order valence-electron chi connectivity index (χ2n) is 8.47. The molecule has 4 aromatic carbocycles. The van der Waals surface area contributed by atoms with Gasteiger partial charge >= 0.3 is 0 Å². The zero-order chi connectivity index (χ0) is 23.1. The standard InChI is InChI=1S/C30H30N2Si/c1-31-29(25-16-8-4-9-17-25)24-30(26-18-10-5-11-19-26)32(27-20-12-6-13-21-27)33(2,3)28-22-14-7-15-23-28/h4-24H,1-3H3/b30-24+,31-29?. The van der Waals surface area contributed by atoms with Crippen molar-refractivity contribution in [3.63, 3.8) is 0 Å². The fourth-order valence-corrected chi connectivity index (χ4v) is 7.07. The van der Waals surface area contributed by atoms with Crippen LogP contribution in [0.5, 0.6) is 0 Å². The summed E-state index contributed by atoms with van der Waals surface area (Å²) in [4.78, 5) is 4.68. The molecule has 0 fully saturated rings. The zero-order valence-corrected chi connectivity index (χ0v) is 20.5. The van der Waals surface area contributed by atoms with E-state index in [9.17, 15) is 0 Å². The van der Waals surface area contributed by atoms with Crippen LogP contribution in [-0.2, 0) is 0 Å². The molecule has 0 aromatic heterocycles. The molecule has 3 heteroatoms. The quantitative estimate of drug-likeness (QED) is 0.226. The average molecular weight is 447 g/mol. The van der Waals surface area contributed by atoms with E-state index in [4.69, 9.17) is 0 Å². The van der Waals surface area contributed by atoms with E-state index in [0.717, 1.165) is 17.0 Å². The van der Waals surface area contributed by atoms with Gasteiger partial charge in [0.15, 0.2) is 8.24 Å². The molecule has 4 rings (SSSR count). The highest BCUT2D eigenvalue weighted by Crippen LogP contribution is 2.32. The summed E-state index contributed by atoms with van der Waals surface area (Å²) in [5.41, 5.74) is 5.60. The van der Waals surface area contributed by atoms with Gasteiger partial charge < -0.3 is 4.57 Å². The van der Waals surface area contributed by atoms with Crippen molar-refractivity contribution >= 4 is 30.5 Å². The number of allylic oxidation sites excluding steroid dienone is 1. The van der Waals surface area contributed by atoms with Crippen LogP contribution in [0.25, 0.3) is 5.70 Å². The first kappa shape index (κ1) is 22.5. The molecule has 33 heavy (non-hydrogen) atoms. The van der Waals surface area contributed by atoms with Crippen LogP contribution in [0, 0.1) is 0 Å². The molecule has 4 aromatic rings. The first-order chi connectivity index (χ1) is 16.1.